The summed E-state index contributed by atoms with van der Waals surface area (Å²) in [5, 5.41) is 5.35. The van der Waals surface area contributed by atoms with Gasteiger partial charge in [0, 0.05) is 45.8 Å². The van der Waals surface area contributed by atoms with Gasteiger partial charge in [0.2, 0.25) is 17.7 Å². The Bertz CT molecular complexity index is 634. The van der Waals surface area contributed by atoms with Gasteiger partial charge in [-0.15, -0.1) is 0 Å². The number of methoxy groups -OCH3 is 1. The van der Waals surface area contributed by atoms with E-state index in [0.29, 0.717) is 32.1 Å². The predicted molar refractivity (Wildman–Crippen MR) is 103 cm³/mol. The summed E-state index contributed by atoms with van der Waals surface area (Å²) < 4.78 is 10.5. The Morgan fingerprint density at radius 2 is 2.14 bits per heavy atom. The Morgan fingerprint density at radius 1 is 1.29 bits per heavy atom. The molecule has 1 saturated heterocycles. The van der Waals surface area contributed by atoms with Gasteiger partial charge >= 0.3 is 0 Å². The lowest BCUT2D eigenvalue weighted by molar-refractivity contribution is -0.138. The van der Waals surface area contributed by atoms with Gasteiger partial charge < -0.3 is 25.0 Å². The fourth-order valence-electron chi connectivity index (χ4n) is 2.83. The van der Waals surface area contributed by atoms with E-state index < -0.39 is 0 Å². The molecule has 1 aromatic heterocycles. The number of hydrogen-bond donors (Lipinski definition) is 2. The average molecular weight is 392 g/mol. The first-order chi connectivity index (χ1) is 13.6. The van der Waals surface area contributed by atoms with E-state index in [9.17, 15) is 14.4 Å². The number of anilines is 1. The SMILES string of the molecule is COCCNC(=O)CN(C[C@H]1CCCO1)C(=O)CCC(=O)Nc1ccccn1. The topological polar surface area (TPSA) is 110 Å². The van der Waals surface area contributed by atoms with Gasteiger partial charge in [0.25, 0.3) is 0 Å². The summed E-state index contributed by atoms with van der Waals surface area (Å²) in [5.74, 6) is -0.378. The summed E-state index contributed by atoms with van der Waals surface area (Å²) in [6.07, 6.45) is 3.33. The molecule has 0 aromatic carbocycles. The number of hydrogen-bond acceptors (Lipinski definition) is 6. The molecule has 2 N–H and O–H groups in total. The molecule has 9 heteroatoms. The minimum Gasteiger partial charge on any atom is -0.383 e. The van der Waals surface area contributed by atoms with Crippen molar-refractivity contribution in [3.63, 3.8) is 0 Å². The van der Waals surface area contributed by atoms with Gasteiger partial charge in [0.1, 0.15) is 5.82 Å². The number of carbonyl (C=O) groups is 3. The Hall–Kier alpha value is -2.52. The lowest BCUT2D eigenvalue weighted by Gasteiger charge is -2.25. The second-order valence-electron chi connectivity index (χ2n) is 6.52. The van der Waals surface area contributed by atoms with Crippen molar-refractivity contribution in [2.45, 2.75) is 31.8 Å². The summed E-state index contributed by atoms with van der Waals surface area (Å²) in [7, 11) is 1.55. The molecule has 2 heterocycles. The molecular weight excluding hydrogens is 364 g/mol. The molecule has 154 valence electrons. The molecule has 0 radical (unpaired) electrons. The molecule has 1 atom stereocenters. The highest BCUT2D eigenvalue weighted by atomic mass is 16.5. The molecule has 0 aliphatic carbocycles. The van der Waals surface area contributed by atoms with Crippen LogP contribution >= 0.6 is 0 Å². The molecule has 1 aliphatic rings. The zero-order chi connectivity index (χ0) is 20.2. The quantitative estimate of drug-likeness (QED) is 0.533. The minimum absolute atomic E-state index is 0.0107. The van der Waals surface area contributed by atoms with E-state index in [-0.39, 0.29) is 43.2 Å². The van der Waals surface area contributed by atoms with Gasteiger partial charge in [-0.25, -0.2) is 4.98 Å². The second kappa shape index (κ2) is 12.0. The molecule has 0 bridgehead atoms. The average Bonchev–Trinajstić information content (AvgIpc) is 3.20. The molecule has 2 rings (SSSR count). The first-order valence-corrected chi connectivity index (χ1v) is 9.44. The number of ether oxygens (including phenoxy) is 2. The van der Waals surface area contributed by atoms with Gasteiger partial charge in [-0.05, 0) is 25.0 Å². The number of nitrogens with zero attached hydrogens (tertiary/aromatic N) is 2. The number of pyridine rings is 1. The maximum atomic E-state index is 12.6. The highest BCUT2D eigenvalue weighted by Gasteiger charge is 2.24. The Balaban J connectivity index is 1.84. The number of nitrogens with one attached hydrogen (secondary N) is 2. The van der Waals surface area contributed by atoms with Crippen LogP contribution in [0.3, 0.4) is 0 Å². The molecule has 0 spiro atoms. The summed E-state index contributed by atoms with van der Waals surface area (Å²) in [4.78, 5) is 42.2. The largest absolute Gasteiger partial charge is 0.383 e. The zero-order valence-electron chi connectivity index (χ0n) is 16.2. The fourth-order valence-corrected chi connectivity index (χ4v) is 2.83. The predicted octanol–water partition coefficient (Wildman–Crippen LogP) is 0.571. The maximum Gasteiger partial charge on any atom is 0.239 e. The van der Waals surface area contributed by atoms with E-state index in [1.165, 1.54) is 4.90 Å². The third-order valence-electron chi connectivity index (χ3n) is 4.26. The van der Waals surface area contributed by atoms with E-state index in [0.717, 1.165) is 12.8 Å². The third-order valence-corrected chi connectivity index (χ3v) is 4.26. The van der Waals surface area contributed by atoms with Gasteiger partial charge in [-0.2, -0.15) is 0 Å². The van der Waals surface area contributed by atoms with E-state index in [1.807, 2.05) is 0 Å². The fraction of sp³-hybridized carbons (Fsp3) is 0.579. The molecule has 28 heavy (non-hydrogen) atoms. The Labute approximate surface area is 164 Å². The Morgan fingerprint density at radius 3 is 2.82 bits per heavy atom. The van der Waals surface area contributed by atoms with Crippen LogP contribution in [-0.4, -0.2) is 73.7 Å². The zero-order valence-corrected chi connectivity index (χ0v) is 16.2. The molecule has 1 fully saturated rings. The van der Waals surface area contributed by atoms with E-state index >= 15 is 0 Å². The van der Waals surface area contributed by atoms with Gasteiger partial charge in [-0.3, -0.25) is 14.4 Å². The minimum atomic E-state index is -0.298. The normalized spacial score (nSPS) is 15.8. The van der Waals surface area contributed by atoms with Crippen molar-refractivity contribution in [2.75, 3.05) is 45.3 Å². The first kappa shape index (κ1) is 21.8. The van der Waals surface area contributed by atoms with Crippen molar-refractivity contribution in [2.24, 2.45) is 0 Å². The van der Waals surface area contributed by atoms with E-state index in [1.54, 1.807) is 31.5 Å². The van der Waals surface area contributed by atoms with Crippen molar-refractivity contribution in [1.82, 2.24) is 15.2 Å². The van der Waals surface area contributed by atoms with Crippen LogP contribution in [0.4, 0.5) is 5.82 Å². The summed E-state index contributed by atoms with van der Waals surface area (Å²) in [6, 6.07) is 5.19. The number of carbonyl (C=O) groups excluding carboxylic acids is 3. The van der Waals surface area contributed by atoms with Crippen LogP contribution in [-0.2, 0) is 23.9 Å². The molecule has 9 nitrogen and oxygen atoms in total. The first-order valence-electron chi connectivity index (χ1n) is 9.44. The van der Waals surface area contributed by atoms with Gasteiger partial charge in [0.05, 0.1) is 19.3 Å². The van der Waals surface area contributed by atoms with Crippen LogP contribution in [0, 0.1) is 0 Å². The summed E-state index contributed by atoms with van der Waals surface area (Å²) in [6.45, 7) is 1.73. The third kappa shape index (κ3) is 8.01. The smallest absolute Gasteiger partial charge is 0.239 e. The van der Waals surface area contributed by atoms with Gasteiger partial charge in [-0.1, -0.05) is 6.07 Å². The maximum absolute atomic E-state index is 12.6. The van der Waals surface area contributed by atoms with Crippen LogP contribution in [0.25, 0.3) is 0 Å². The number of amides is 3. The second-order valence-corrected chi connectivity index (χ2v) is 6.52. The van der Waals surface area contributed by atoms with Crippen molar-refractivity contribution in [3.05, 3.63) is 24.4 Å². The van der Waals surface area contributed by atoms with E-state index in [4.69, 9.17) is 9.47 Å². The van der Waals surface area contributed by atoms with Crippen LogP contribution in [0.2, 0.25) is 0 Å². The number of aromatic nitrogens is 1. The molecule has 0 unspecified atom stereocenters. The molecule has 1 aliphatic heterocycles. The summed E-state index contributed by atoms with van der Waals surface area (Å²) >= 11 is 0. The van der Waals surface area contributed by atoms with Crippen molar-refractivity contribution in [3.8, 4) is 0 Å². The lowest BCUT2D eigenvalue weighted by atomic mass is 10.2. The van der Waals surface area contributed by atoms with Crippen molar-refractivity contribution >= 4 is 23.5 Å². The van der Waals surface area contributed by atoms with Crippen LogP contribution in [0.5, 0.6) is 0 Å². The molecular formula is C19H28N4O5. The van der Waals surface area contributed by atoms with Crippen LogP contribution in [0.1, 0.15) is 25.7 Å². The number of rotatable bonds is 11. The highest BCUT2D eigenvalue weighted by Crippen LogP contribution is 2.14. The van der Waals surface area contributed by atoms with Gasteiger partial charge in [0.15, 0.2) is 0 Å². The highest BCUT2D eigenvalue weighted by molar-refractivity contribution is 5.93. The standard InChI is InChI=1S/C19H28N4O5/c1-27-12-10-21-18(25)14-23(13-15-5-4-11-28-15)19(26)8-7-17(24)22-16-6-2-3-9-20-16/h2-3,6,9,15H,4-5,7-8,10-14H2,1H3,(H,21,25)(H,20,22,24)/t15-/m1/s1. The molecule has 3 amide bonds. The van der Waals surface area contributed by atoms with Crippen LogP contribution in [0.15, 0.2) is 24.4 Å². The molecule has 0 saturated carbocycles. The molecule has 1 aromatic rings. The van der Waals surface area contributed by atoms with Crippen molar-refractivity contribution < 1.29 is 23.9 Å². The summed E-state index contributed by atoms with van der Waals surface area (Å²) in [5.41, 5.74) is 0. The van der Waals surface area contributed by atoms with Crippen LogP contribution < -0.4 is 10.6 Å². The van der Waals surface area contributed by atoms with E-state index in [2.05, 4.69) is 15.6 Å². The Kier molecular flexibility index (Phi) is 9.36. The van der Waals surface area contributed by atoms with Crippen molar-refractivity contribution in [1.29, 1.82) is 0 Å². The lowest BCUT2D eigenvalue weighted by Crippen LogP contribution is -2.44. The monoisotopic (exact) mass is 392 g/mol.